The Labute approximate surface area is 130 Å². The van der Waals surface area contributed by atoms with Crippen LogP contribution in [0.3, 0.4) is 0 Å². The van der Waals surface area contributed by atoms with E-state index in [-0.39, 0.29) is 24.1 Å². The molecule has 4 atom stereocenters. The SMILES string of the molecule is CC[C@@H]1O[C@@H]2CO[C@@H](c3ccc(OC)cc3)O[C@H]2CCC1=O. The number of rotatable bonds is 3. The van der Waals surface area contributed by atoms with Gasteiger partial charge in [0.1, 0.15) is 18.0 Å². The maximum atomic E-state index is 12.0. The summed E-state index contributed by atoms with van der Waals surface area (Å²) in [5, 5.41) is 0. The van der Waals surface area contributed by atoms with E-state index >= 15 is 0 Å². The molecular formula is C17H22O5. The number of ether oxygens (including phenoxy) is 4. The van der Waals surface area contributed by atoms with Gasteiger partial charge in [0, 0.05) is 12.0 Å². The van der Waals surface area contributed by atoms with Crippen molar-refractivity contribution in [3.63, 3.8) is 0 Å². The van der Waals surface area contributed by atoms with E-state index in [0.717, 1.165) is 11.3 Å². The van der Waals surface area contributed by atoms with Crippen molar-refractivity contribution < 1.29 is 23.7 Å². The van der Waals surface area contributed by atoms with Crippen LogP contribution in [0.4, 0.5) is 0 Å². The van der Waals surface area contributed by atoms with E-state index < -0.39 is 6.29 Å². The molecule has 22 heavy (non-hydrogen) atoms. The number of methoxy groups -OCH3 is 1. The van der Waals surface area contributed by atoms with Gasteiger partial charge in [0.2, 0.25) is 0 Å². The van der Waals surface area contributed by atoms with E-state index in [2.05, 4.69) is 0 Å². The molecule has 0 N–H and O–H groups in total. The third-order valence-electron chi connectivity index (χ3n) is 4.26. The largest absolute Gasteiger partial charge is 0.497 e. The predicted molar refractivity (Wildman–Crippen MR) is 79.8 cm³/mol. The molecule has 5 nitrogen and oxygen atoms in total. The Bertz CT molecular complexity index is 512. The molecule has 0 amide bonds. The zero-order valence-corrected chi connectivity index (χ0v) is 13.0. The molecule has 0 aromatic heterocycles. The summed E-state index contributed by atoms with van der Waals surface area (Å²) >= 11 is 0. The van der Waals surface area contributed by atoms with Crippen LogP contribution in [0.2, 0.25) is 0 Å². The minimum absolute atomic E-state index is 0.0960. The zero-order valence-electron chi connectivity index (χ0n) is 13.0. The smallest absolute Gasteiger partial charge is 0.184 e. The fourth-order valence-corrected chi connectivity index (χ4v) is 2.95. The molecule has 1 aromatic rings. The first-order valence-corrected chi connectivity index (χ1v) is 7.80. The van der Waals surface area contributed by atoms with Crippen LogP contribution in [0.1, 0.15) is 38.0 Å². The third-order valence-corrected chi connectivity index (χ3v) is 4.26. The molecule has 2 heterocycles. The molecule has 1 aromatic carbocycles. The highest BCUT2D eigenvalue weighted by atomic mass is 16.7. The molecule has 2 fully saturated rings. The standard InChI is InChI=1S/C17H22O5/c1-3-14-13(18)8-9-15-16(21-14)10-20-17(22-15)11-4-6-12(19-2)7-5-11/h4-7,14-17H,3,8-10H2,1-2H3/t14-,15-,16+,17+/m0/s1. The second-order valence-electron chi connectivity index (χ2n) is 5.69. The highest BCUT2D eigenvalue weighted by molar-refractivity contribution is 5.83. The van der Waals surface area contributed by atoms with Crippen LogP contribution in [0.15, 0.2) is 24.3 Å². The van der Waals surface area contributed by atoms with E-state index in [9.17, 15) is 4.79 Å². The molecule has 2 saturated heterocycles. The van der Waals surface area contributed by atoms with Crippen LogP contribution in [-0.4, -0.2) is 37.8 Å². The first kappa shape index (κ1) is 15.5. The molecule has 0 unspecified atom stereocenters. The molecule has 5 heteroatoms. The van der Waals surface area contributed by atoms with Gasteiger partial charge in [-0.2, -0.15) is 0 Å². The average molecular weight is 306 g/mol. The summed E-state index contributed by atoms with van der Waals surface area (Å²) in [4.78, 5) is 12.0. The van der Waals surface area contributed by atoms with E-state index in [1.54, 1.807) is 7.11 Å². The maximum absolute atomic E-state index is 12.0. The van der Waals surface area contributed by atoms with E-state index in [4.69, 9.17) is 18.9 Å². The minimum atomic E-state index is -0.413. The normalized spacial score (nSPS) is 32.2. The van der Waals surface area contributed by atoms with E-state index in [1.165, 1.54) is 0 Å². The van der Waals surface area contributed by atoms with Crippen LogP contribution in [0.25, 0.3) is 0 Å². The van der Waals surface area contributed by atoms with Crippen molar-refractivity contribution in [1.29, 1.82) is 0 Å². The number of ketones is 1. The Hall–Kier alpha value is -1.43. The Balaban J connectivity index is 1.69. The number of carbonyl (C=O) groups excluding carboxylic acids is 1. The van der Waals surface area contributed by atoms with Gasteiger partial charge in [-0.05, 0) is 25.0 Å². The molecule has 3 rings (SSSR count). The molecular weight excluding hydrogens is 284 g/mol. The Kier molecular flexibility index (Phi) is 4.76. The van der Waals surface area contributed by atoms with Crippen LogP contribution in [0, 0.1) is 0 Å². The number of benzene rings is 1. The van der Waals surface area contributed by atoms with E-state index in [1.807, 2.05) is 31.2 Å². The fraction of sp³-hybridized carbons (Fsp3) is 0.588. The number of hydrogen-bond donors (Lipinski definition) is 0. The van der Waals surface area contributed by atoms with Crippen molar-refractivity contribution in [3.05, 3.63) is 29.8 Å². The molecule has 120 valence electrons. The lowest BCUT2D eigenvalue weighted by Gasteiger charge is -2.36. The monoisotopic (exact) mass is 306 g/mol. The predicted octanol–water partition coefficient (Wildman–Crippen LogP) is 2.64. The van der Waals surface area contributed by atoms with Gasteiger partial charge < -0.3 is 18.9 Å². The van der Waals surface area contributed by atoms with Gasteiger partial charge >= 0.3 is 0 Å². The first-order valence-electron chi connectivity index (χ1n) is 7.80. The van der Waals surface area contributed by atoms with Crippen molar-refractivity contribution in [3.8, 4) is 5.75 Å². The van der Waals surface area contributed by atoms with Crippen molar-refractivity contribution in [1.82, 2.24) is 0 Å². The Morgan fingerprint density at radius 2 is 1.95 bits per heavy atom. The minimum Gasteiger partial charge on any atom is -0.497 e. The molecule has 0 spiro atoms. The lowest BCUT2D eigenvalue weighted by atomic mass is 10.0. The van der Waals surface area contributed by atoms with Gasteiger partial charge in [0.15, 0.2) is 12.1 Å². The summed E-state index contributed by atoms with van der Waals surface area (Å²) in [6, 6.07) is 7.63. The zero-order chi connectivity index (χ0) is 15.5. The lowest BCUT2D eigenvalue weighted by Crippen LogP contribution is -2.42. The summed E-state index contributed by atoms with van der Waals surface area (Å²) in [6.45, 7) is 2.42. The van der Waals surface area contributed by atoms with Crippen LogP contribution in [-0.2, 0) is 19.0 Å². The van der Waals surface area contributed by atoms with Crippen molar-refractivity contribution in [2.45, 2.75) is 50.8 Å². The summed E-state index contributed by atoms with van der Waals surface area (Å²) in [5.74, 6) is 0.966. The topological polar surface area (TPSA) is 54.0 Å². The first-order chi connectivity index (χ1) is 10.7. The van der Waals surface area contributed by atoms with Gasteiger partial charge in [0.05, 0.1) is 19.8 Å². The molecule has 2 aliphatic heterocycles. The number of fused-ring (bicyclic) bond motifs is 1. The molecule has 0 saturated carbocycles. The summed E-state index contributed by atoms with van der Waals surface area (Å²) in [7, 11) is 1.64. The summed E-state index contributed by atoms with van der Waals surface area (Å²) < 4.78 is 22.9. The summed E-state index contributed by atoms with van der Waals surface area (Å²) in [5.41, 5.74) is 0.946. The van der Waals surface area contributed by atoms with Crippen LogP contribution < -0.4 is 4.74 Å². The van der Waals surface area contributed by atoms with Crippen LogP contribution in [0.5, 0.6) is 5.75 Å². The van der Waals surface area contributed by atoms with Crippen molar-refractivity contribution in [2.75, 3.05) is 13.7 Å². The highest BCUT2D eigenvalue weighted by Crippen LogP contribution is 2.33. The fourth-order valence-electron chi connectivity index (χ4n) is 2.95. The van der Waals surface area contributed by atoms with Gasteiger partial charge in [-0.1, -0.05) is 19.1 Å². The molecule has 0 aliphatic carbocycles. The average Bonchev–Trinajstić information content (AvgIpc) is 2.73. The second-order valence-corrected chi connectivity index (χ2v) is 5.69. The number of Topliss-reactive ketones (excluding diaryl/α,β-unsaturated/α-hetero) is 1. The molecule has 0 bridgehead atoms. The number of carbonyl (C=O) groups is 1. The van der Waals surface area contributed by atoms with Gasteiger partial charge in [0.25, 0.3) is 0 Å². The van der Waals surface area contributed by atoms with E-state index in [0.29, 0.717) is 25.9 Å². The van der Waals surface area contributed by atoms with Gasteiger partial charge in [-0.15, -0.1) is 0 Å². The lowest BCUT2D eigenvalue weighted by molar-refractivity contribution is -0.268. The van der Waals surface area contributed by atoms with Crippen molar-refractivity contribution >= 4 is 5.78 Å². The number of hydrogen-bond acceptors (Lipinski definition) is 5. The van der Waals surface area contributed by atoms with Gasteiger partial charge in [-0.25, -0.2) is 0 Å². The Morgan fingerprint density at radius 3 is 2.64 bits per heavy atom. The molecule has 2 aliphatic rings. The highest BCUT2D eigenvalue weighted by Gasteiger charge is 2.38. The maximum Gasteiger partial charge on any atom is 0.184 e. The Morgan fingerprint density at radius 1 is 1.18 bits per heavy atom. The van der Waals surface area contributed by atoms with Crippen LogP contribution >= 0.6 is 0 Å². The van der Waals surface area contributed by atoms with Crippen molar-refractivity contribution in [2.24, 2.45) is 0 Å². The second kappa shape index (κ2) is 6.77. The summed E-state index contributed by atoms with van der Waals surface area (Å²) in [6.07, 6.45) is 0.908. The molecule has 0 radical (unpaired) electrons. The third kappa shape index (κ3) is 3.16. The van der Waals surface area contributed by atoms with Gasteiger partial charge in [-0.3, -0.25) is 4.79 Å². The quantitative estimate of drug-likeness (QED) is 0.859.